The van der Waals surface area contributed by atoms with Crippen molar-refractivity contribution in [3.8, 4) is 11.5 Å². The monoisotopic (exact) mass is 340 g/mol. The molecule has 128 valence electrons. The molecule has 0 N–H and O–H groups in total. The Balaban J connectivity index is 1.94. The van der Waals surface area contributed by atoms with Crippen molar-refractivity contribution in [3.05, 3.63) is 70.1 Å². The molecular formula is C19H16O6. The number of benzene rings is 2. The van der Waals surface area contributed by atoms with Gasteiger partial charge in [0.05, 0.1) is 14.2 Å². The number of esters is 1. The van der Waals surface area contributed by atoms with Gasteiger partial charge in [0.1, 0.15) is 29.3 Å². The van der Waals surface area contributed by atoms with Crippen LogP contribution in [0.3, 0.4) is 0 Å². The van der Waals surface area contributed by atoms with Crippen molar-refractivity contribution in [1.82, 2.24) is 0 Å². The second-order valence-electron chi connectivity index (χ2n) is 5.23. The number of para-hydroxylation sites is 1. The Kier molecular flexibility index (Phi) is 4.70. The summed E-state index contributed by atoms with van der Waals surface area (Å²) in [5.74, 6) is 0.478. The van der Waals surface area contributed by atoms with Gasteiger partial charge in [0.25, 0.3) is 0 Å². The fourth-order valence-electron chi connectivity index (χ4n) is 2.48. The van der Waals surface area contributed by atoms with Gasteiger partial charge in [-0.1, -0.05) is 12.1 Å². The van der Waals surface area contributed by atoms with Crippen LogP contribution in [0, 0.1) is 0 Å². The van der Waals surface area contributed by atoms with Crippen molar-refractivity contribution in [2.75, 3.05) is 14.2 Å². The molecule has 0 aliphatic rings. The highest BCUT2D eigenvalue weighted by atomic mass is 16.5. The maximum absolute atomic E-state index is 11.8. The van der Waals surface area contributed by atoms with Gasteiger partial charge < -0.3 is 18.6 Å². The molecule has 6 heteroatoms. The largest absolute Gasteiger partial charge is 0.497 e. The van der Waals surface area contributed by atoms with Gasteiger partial charge in [-0.05, 0) is 24.3 Å². The van der Waals surface area contributed by atoms with Crippen LogP contribution in [0.5, 0.6) is 11.5 Å². The highest BCUT2D eigenvalue weighted by Gasteiger charge is 2.13. The van der Waals surface area contributed by atoms with Crippen LogP contribution in [0.1, 0.15) is 15.9 Å². The third-order valence-corrected chi connectivity index (χ3v) is 3.71. The molecule has 0 atom stereocenters. The lowest BCUT2D eigenvalue weighted by Crippen LogP contribution is -2.07. The van der Waals surface area contributed by atoms with E-state index >= 15 is 0 Å². The SMILES string of the molecule is COC(=O)c1ccccc1OCc1cc(=O)oc2cc(OC)ccc12. The highest BCUT2D eigenvalue weighted by molar-refractivity contribution is 5.92. The van der Waals surface area contributed by atoms with Crippen LogP contribution in [0.15, 0.2) is 57.7 Å². The third kappa shape index (κ3) is 3.47. The molecule has 1 aromatic heterocycles. The number of carbonyl (C=O) groups is 1. The Morgan fingerprint density at radius 2 is 1.88 bits per heavy atom. The minimum absolute atomic E-state index is 0.0996. The van der Waals surface area contributed by atoms with Crippen LogP contribution in [0.4, 0.5) is 0 Å². The normalized spacial score (nSPS) is 10.5. The third-order valence-electron chi connectivity index (χ3n) is 3.71. The molecule has 0 unspecified atom stereocenters. The Morgan fingerprint density at radius 1 is 1.08 bits per heavy atom. The molecule has 0 fully saturated rings. The summed E-state index contributed by atoms with van der Waals surface area (Å²) in [6.45, 7) is 0.0996. The maximum atomic E-state index is 11.8. The first-order valence-corrected chi connectivity index (χ1v) is 7.53. The molecule has 0 bridgehead atoms. The number of hydrogen-bond donors (Lipinski definition) is 0. The van der Waals surface area contributed by atoms with Gasteiger partial charge in [-0.25, -0.2) is 9.59 Å². The van der Waals surface area contributed by atoms with E-state index in [-0.39, 0.29) is 6.61 Å². The van der Waals surface area contributed by atoms with E-state index in [0.29, 0.717) is 28.2 Å². The molecule has 0 saturated carbocycles. The molecule has 0 aliphatic heterocycles. The van der Waals surface area contributed by atoms with E-state index in [1.54, 1.807) is 42.5 Å². The van der Waals surface area contributed by atoms with E-state index in [1.165, 1.54) is 20.3 Å². The average molecular weight is 340 g/mol. The lowest BCUT2D eigenvalue weighted by atomic mass is 10.1. The number of carbonyl (C=O) groups excluding carboxylic acids is 1. The predicted octanol–water partition coefficient (Wildman–Crippen LogP) is 3.17. The van der Waals surface area contributed by atoms with Crippen LogP contribution in [0.25, 0.3) is 11.0 Å². The van der Waals surface area contributed by atoms with Crippen LogP contribution in [-0.2, 0) is 11.3 Å². The van der Waals surface area contributed by atoms with Crippen molar-refractivity contribution < 1.29 is 23.4 Å². The van der Waals surface area contributed by atoms with E-state index in [9.17, 15) is 9.59 Å². The summed E-state index contributed by atoms with van der Waals surface area (Å²) in [5.41, 5.74) is 0.889. The smallest absolute Gasteiger partial charge is 0.341 e. The number of hydrogen-bond acceptors (Lipinski definition) is 6. The highest BCUT2D eigenvalue weighted by Crippen LogP contribution is 2.25. The zero-order valence-electron chi connectivity index (χ0n) is 13.8. The second kappa shape index (κ2) is 7.09. The van der Waals surface area contributed by atoms with Crippen molar-refractivity contribution >= 4 is 16.9 Å². The van der Waals surface area contributed by atoms with Crippen LogP contribution >= 0.6 is 0 Å². The van der Waals surface area contributed by atoms with E-state index < -0.39 is 11.6 Å². The summed E-state index contributed by atoms with van der Waals surface area (Å²) in [5, 5.41) is 0.732. The van der Waals surface area contributed by atoms with Gasteiger partial charge in [0.2, 0.25) is 0 Å². The quantitative estimate of drug-likeness (QED) is 0.525. The number of methoxy groups -OCH3 is 2. The summed E-state index contributed by atoms with van der Waals surface area (Å²) in [6, 6.07) is 13.3. The first-order valence-electron chi connectivity index (χ1n) is 7.53. The molecule has 0 saturated heterocycles. The zero-order valence-corrected chi connectivity index (χ0v) is 13.8. The lowest BCUT2D eigenvalue weighted by molar-refractivity contribution is 0.0595. The fraction of sp³-hybridized carbons (Fsp3) is 0.158. The Bertz CT molecular complexity index is 973. The lowest BCUT2D eigenvalue weighted by Gasteiger charge is -2.11. The van der Waals surface area contributed by atoms with Gasteiger partial charge in [-0.15, -0.1) is 0 Å². The van der Waals surface area contributed by atoms with Crippen molar-refractivity contribution in [2.24, 2.45) is 0 Å². The fourth-order valence-corrected chi connectivity index (χ4v) is 2.48. The minimum atomic E-state index is -0.488. The van der Waals surface area contributed by atoms with Crippen molar-refractivity contribution in [2.45, 2.75) is 6.61 Å². The summed E-state index contributed by atoms with van der Waals surface area (Å²) >= 11 is 0. The predicted molar refractivity (Wildman–Crippen MR) is 91.1 cm³/mol. The maximum Gasteiger partial charge on any atom is 0.341 e. The van der Waals surface area contributed by atoms with Crippen LogP contribution in [-0.4, -0.2) is 20.2 Å². The van der Waals surface area contributed by atoms with E-state index in [4.69, 9.17) is 18.6 Å². The molecular weight excluding hydrogens is 324 g/mol. The summed E-state index contributed by atoms with van der Waals surface area (Å²) in [4.78, 5) is 23.6. The molecule has 0 amide bonds. The number of fused-ring (bicyclic) bond motifs is 1. The number of rotatable bonds is 5. The first kappa shape index (κ1) is 16.6. The molecule has 2 aromatic carbocycles. The van der Waals surface area contributed by atoms with Crippen LogP contribution in [0.2, 0.25) is 0 Å². The zero-order chi connectivity index (χ0) is 17.8. The Morgan fingerprint density at radius 3 is 2.64 bits per heavy atom. The van der Waals surface area contributed by atoms with Gasteiger partial charge >= 0.3 is 11.6 Å². The number of ether oxygens (including phenoxy) is 3. The molecule has 0 radical (unpaired) electrons. The summed E-state index contributed by atoms with van der Waals surface area (Å²) in [6.07, 6.45) is 0. The van der Waals surface area contributed by atoms with Crippen LogP contribution < -0.4 is 15.1 Å². The van der Waals surface area contributed by atoms with Gasteiger partial charge in [0.15, 0.2) is 0 Å². The summed E-state index contributed by atoms with van der Waals surface area (Å²) < 4.78 is 20.9. The van der Waals surface area contributed by atoms with Crippen molar-refractivity contribution in [1.29, 1.82) is 0 Å². The Hall–Kier alpha value is -3.28. The molecule has 1 heterocycles. The molecule has 3 rings (SSSR count). The standard InChI is InChI=1S/C19H16O6/c1-22-13-7-8-14-12(9-18(20)25-17(14)10-13)11-24-16-6-4-3-5-15(16)19(21)23-2/h3-10H,11H2,1-2H3. The molecule has 25 heavy (non-hydrogen) atoms. The second-order valence-corrected chi connectivity index (χ2v) is 5.23. The van der Waals surface area contributed by atoms with Gasteiger partial charge in [0, 0.05) is 23.1 Å². The van der Waals surface area contributed by atoms with Crippen molar-refractivity contribution in [3.63, 3.8) is 0 Å². The van der Waals surface area contributed by atoms with E-state index in [0.717, 1.165) is 5.39 Å². The van der Waals surface area contributed by atoms with Gasteiger partial charge in [-0.2, -0.15) is 0 Å². The summed E-state index contributed by atoms with van der Waals surface area (Å²) in [7, 11) is 2.85. The minimum Gasteiger partial charge on any atom is -0.497 e. The van der Waals surface area contributed by atoms with Gasteiger partial charge in [-0.3, -0.25) is 0 Å². The molecule has 6 nitrogen and oxygen atoms in total. The molecule has 0 spiro atoms. The van der Waals surface area contributed by atoms with E-state index in [1.807, 2.05) is 0 Å². The molecule has 3 aromatic rings. The van der Waals surface area contributed by atoms with E-state index in [2.05, 4.69) is 0 Å². The molecule has 0 aliphatic carbocycles. The average Bonchev–Trinajstić information content (AvgIpc) is 2.65. The Labute approximate surface area is 143 Å². The first-order chi connectivity index (χ1) is 12.1. The topological polar surface area (TPSA) is 75.0 Å².